The first-order valence-electron chi connectivity index (χ1n) is 8.54. The smallest absolute Gasteiger partial charge is 0.201 e. The molecule has 0 bridgehead atoms. The summed E-state index contributed by atoms with van der Waals surface area (Å²) in [6, 6.07) is 16.8. The SMILES string of the molecule is N#C/C(=N\Nc1ccc(N2CCN(c3ccc(O)cc3)CC2)cc1)C(=N)N. The van der Waals surface area contributed by atoms with Crippen molar-refractivity contribution in [2.24, 2.45) is 10.8 Å². The van der Waals surface area contributed by atoms with E-state index in [1.54, 1.807) is 18.2 Å². The fourth-order valence-corrected chi connectivity index (χ4v) is 2.90. The minimum absolute atomic E-state index is 0.149. The van der Waals surface area contributed by atoms with Crippen LogP contribution >= 0.6 is 0 Å². The summed E-state index contributed by atoms with van der Waals surface area (Å²) >= 11 is 0. The molecule has 2 aromatic rings. The van der Waals surface area contributed by atoms with Crippen molar-refractivity contribution in [2.45, 2.75) is 0 Å². The van der Waals surface area contributed by atoms with E-state index in [0.29, 0.717) is 0 Å². The predicted molar refractivity (Wildman–Crippen MR) is 108 cm³/mol. The number of phenolic OH excluding ortho intramolecular Hbond substituents is 1. The quantitative estimate of drug-likeness (QED) is 0.365. The Bertz CT molecular complexity index is 860. The third kappa shape index (κ3) is 4.46. The Labute approximate surface area is 157 Å². The average Bonchev–Trinajstić information content (AvgIpc) is 2.69. The molecular weight excluding hydrogens is 342 g/mol. The molecule has 3 rings (SSSR count). The van der Waals surface area contributed by atoms with E-state index in [9.17, 15) is 5.11 Å². The number of rotatable bonds is 5. The number of nitrogens with two attached hydrogens (primary N) is 1. The molecule has 0 spiro atoms. The number of nitriles is 1. The molecule has 2 aromatic carbocycles. The molecule has 8 nitrogen and oxygen atoms in total. The molecule has 0 radical (unpaired) electrons. The van der Waals surface area contributed by atoms with Gasteiger partial charge in [0.25, 0.3) is 0 Å². The highest BCUT2D eigenvalue weighted by Gasteiger charge is 2.17. The summed E-state index contributed by atoms with van der Waals surface area (Å²) < 4.78 is 0. The number of nitrogens with one attached hydrogen (secondary N) is 2. The molecule has 0 aliphatic carbocycles. The van der Waals surface area contributed by atoms with E-state index in [0.717, 1.165) is 43.2 Å². The zero-order valence-corrected chi connectivity index (χ0v) is 14.8. The van der Waals surface area contributed by atoms with Crippen LogP contribution in [0, 0.1) is 16.7 Å². The van der Waals surface area contributed by atoms with E-state index in [2.05, 4.69) is 20.3 Å². The van der Waals surface area contributed by atoms with Crippen molar-refractivity contribution in [1.29, 1.82) is 10.7 Å². The van der Waals surface area contributed by atoms with Crippen molar-refractivity contribution >= 4 is 28.6 Å². The van der Waals surface area contributed by atoms with Crippen molar-refractivity contribution in [2.75, 3.05) is 41.4 Å². The van der Waals surface area contributed by atoms with E-state index in [1.807, 2.05) is 36.4 Å². The summed E-state index contributed by atoms with van der Waals surface area (Å²) in [4.78, 5) is 4.60. The van der Waals surface area contributed by atoms with Gasteiger partial charge >= 0.3 is 0 Å². The number of anilines is 3. The first kappa shape index (κ1) is 18.1. The van der Waals surface area contributed by atoms with Crippen LogP contribution in [0.15, 0.2) is 53.6 Å². The molecule has 0 aromatic heterocycles. The first-order chi connectivity index (χ1) is 13.1. The van der Waals surface area contributed by atoms with Gasteiger partial charge in [0, 0.05) is 37.6 Å². The monoisotopic (exact) mass is 363 g/mol. The van der Waals surface area contributed by atoms with Gasteiger partial charge in [-0.15, -0.1) is 0 Å². The zero-order chi connectivity index (χ0) is 19.2. The van der Waals surface area contributed by atoms with Gasteiger partial charge in [0.1, 0.15) is 11.8 Å². The molecule has 1 aliphatic heterocycles. The predicted octanol–water partition coefficient (Wildman–Crippen LogP) is 1.95. The third-order valence-corrected chi connectivity index (χ3v) is 4.38. The van der Waals surface area contributed by atoms with Crippen LogP contribution in [0.2, 0.25) is 0 Å². The fraction of sp³-hybridized carbons (Fsp3) is 0.211. The standard InChI is InChI=1S/C19H21N7O/c20-13-18(19(21)22)24-23-14-1-3-15(4-2-14)25-9-11-26(12-10-25)16-5-7-17(27)8-6-16/h1-8,23,27H,9-12H2,(H3,21,22)/b24-18+. The van der Waals surface area contributed by atoms with Crippen molar-refractivity contribution < 1.29 is 5.11 Å². The van der Waals surface area contributed by atoms with Gasteiger partial charge in [-0.3, -0.25) is 10.8 Å². The Morgan fingerprint density at radius 3 is 1.93 bits per heavy atom. The van der Waals surface area contributed by atoms with Crippen molar-refractivity contribution in [1.82, 2.24) is 0 Å². The highest BCUT2D eigenvalue weighted by Crippen LogP contribution is 2.23. The van der Waals surface area contributed by atoms with Crippen LogP contribution in [-0.2, 0) is 0 Å². The molecule has 5 N–H and O–H groups in total. The van der Waals surface area contributed by atoms with E-state index in [4.69, 9.17) is 16.4 Å². The lowest BCUT2D eigenvalue weighted by atomic mass is 10.2. The number of benzene rings is 2. The van der Waals surface area contributed by atoms with Gasteiger partial charge in [0.15, 0.2) is 5.84 Å². The number of amidine groups is 1. The lowest BCUT2D eigenvalue weighted by molar-refractivity contribution is 0.475. The largest absolute Gasteiger partial charge is 0.508 e. The van der Waals surface area contributed by atoms with Crippen molar-refractivity contribution in [3.63, 3.8) is 0 Å². The van der Waals surface area contributed by atoms with E-state index >= 15 is 0 Å². The molecule has 1 saturated heterocycles. The maximum absolute atomic E-state index is 9.41. The van der Waals surface area contributed by atoms with Gasteiger partial charge in [0.05, 0.1) is 5.69 Å². The lowest BCUT2D eigenvalue weighted by Crippen LogP contribution is -2.46. The Morgan fingerprint density at radius 1 is 1.00 bits per heavy atom. The number of aromatic hydroxyl groups is 1. The summed E-state index contributed by atoms with van der Waals surface area (Å²) in [6.07, 6.45) is 0. The molecule has 1 heterocycles. The minimum atomic E-state index is -0.367. The highest BCUT2D eigenvalue weighted by molar-refractivity contribution is 6.45. The molecule has 1 fully saturated rings. The van der Waals surface area contributed by atoms with Crippen molar-refractivity contribution in [3.8, 4) is 11.8 Å². The number of piperazine rings is 1. The topological polar surface area (TPSA) is 125 Å². The number of phenols is 1. The second-order valence-corrected chi connectivity index (χ2v) is 6.14. The zero-order valence-electron chi connectivity index (χ0n) is 14.8. The van der Waals surface area contributed by atoms with Gasteiger partial charge < -0.3 is 20.6 Å². The normalized spacial score (nSPS) is 14.6. The van der Waals surface area contributed by atoms with Crippen LogP contribution in [0.1, 0.15) is 0 Å². The van der Waals surface area contributed by atoms with Gasteiger partial charge in [-0.1, -0.05) is 0 Å². The Morgan fingerprint density at radius 2 is 1.48 bits per heavy atom. The van der Waals surface area contributed by atoms with Gasteiger partial charge in [-0.05, 0) is 48.5 Å². The Kier molecular flexibility index (Phi) is 5.42. The van der Waals surface area contributed by atoms with Gasteiger partial charge in [-0.2, -0.15) is 10.4 Å². The van der Waals surface area contributed by atoms with E-state index < -0.39 is 0 Å². The molecule has 0 amide bonds. The number of hydrogen-bond donors (Lipinski definition) is 4. The number of nitrogens with zero attached hydrogens (tertiary/aromatic N) is 4. The first-order valence-corrected chi connectivity index (χ1v) is 8.54. The molecule has 1 aliphatic rings. The molecule has 0 unspecified atom stereocenters. The summed E-state index contributed by atoms with van der Waals surface area (Å²) in [5.74, 6) is -0.0891. The van der Waals surface area contributed by atoms with Gasteiger partial charge in [-0.25, -0.2) is 0 Å². The number of hydrazone groups is 1. The Hall–Kier alpha value is -3.73. The van der Waals surface area contributed by atoms with Crippen LogP contribution in [0.3, 0.4) is 0 Å². The summed E-state index contributed by atoms with van der Waals surface area (Å²) in [6.45, 7) is 3.60. The average molecular weight is 363 g/mol. The molecule has 8 heteroatoms. The fourth-order valence-electron chi connectivity index (χ4n) is 2.90. The van der Waals surface area contributed by atoms with Crippen molar-refractivity contribution in [3.05, 3.63) is 48.5 Å². The van der Waals surface area contributed by atoms with Gasteiger partial charge in [0.2, 0.25) is 5.71 Å². The lowest BCUT2D eigenvalue weighted by Gasteiger charge is -2.37. The second-order valence-electron chi connectivity index (χ2n) is 6.14. The van der Waals surface area contributed by atoms with Crippen LogP contribution in [-0.4, -0.2) is 42.8 Å². The summed E-state index contributed by atoms with van der Waals surface area (Å²) in [5.41, 5.74) is 10.8. The van der Waals surface area contributed by atoms with E-state index in [1.165, 1.54) is 0 Å². The van der Waals surface area contributed by atoms with Crippen LogP contribution in [0.25, 0.3) is 0 Å². The molecular formula is C19H21N7O. The van der Waals surface area contributed by atoms with Crippen LogP contribution in [0.5, 0.6) is 5.75 Å². The maximum Gasteiger partial charge on any atom is 0.201 e. The highest BCUT2D eigenvalue weighted by atomic mass is 16.3. The summed E-state index contributed by atoms with van der Waals surface area (Å²) in [5, 5.41) is 29.3. The molecule has 138 valence electrons. The Balaban J connectivity index is 1.58. The molecule has 0 saturated carbocycles. The molecule has 0 atom stereocenters. The molecule has 27 heavy (non-hydrogen) atoms. The number of hydrogen-bond acceptors (Lipinski definition) is 7. The second kappa shape index (κ2) is 8.10. The maximum atomic E-state index is 9.41. The third-order valence-electron chi connectivity index (χ3n) is 4.38. The van der Waals surface area contributed by atoms with E-state index in [-0.39, 0.29) is 17.3 Å². The van der Waals surface area contributed by atoms with Crippen LogP contribution < -0.4 is 21.0 Å². The minimum Gasteiger partial charge on any atom is -0.508 e. The summed E-state index contributed by atoms with van der Waals surface area (Å²) in [7, 11) is 0. The van der Waals surface area contributed by atoms with Crippen LogP contribution in [0.4, 0.5) is 17.1 Å².